The van der Waals surface area contributed by atoms with Crippen LogP contribution in [0.25, 0.3) is 10.9 Å². The zero-order valence-corrected chi connectivity index (χ0v) is 25.6. The molecule has 3 atom stereocenters. The van der Waals surface area contributed by atoms with Crippen LogP contribution in [-0.4, -0.2) is 85.5 Å². The van der Waals surface area contributed by atoms with Gasteiger partial charge >= 0.3 is 0 Å². The van der Waals surface area contributed by atoms with E-state index in [9.17, 15) is 8.78 Å². The second kappa shape index (κ2) is 13.9. The molecule has 1 unspecified atom stereocenters. The van der Waals surface area contributed by atoms with E-state index in [1.807, 2.05) is 16.8 Å². The largest absolute Gasteiger partial charge is 0.496 e. The van der Waals surface area contributed by atoms with Crippen LogP contribution in [0.4, 0.5) is 8.78 Å². The zero-order chi connectivity index (χ0) is 29.8. The molecule has 0 radical (unpaired) electrons. The number of likely N-dealkylation sites (tertiary alicyclic amines) is 1. The summed E-state index contributed by atoms with van der Waals surface area (Å²) in [5.74, 6) is 1.74. The van der Waals surface area contributed by atoms with Crippen molar-refractivity contribution in [3.05, 3.63) is 53.2 Å². The summed E-state index contributed by atoms with van der Waals surface area (Å²) < 4.78 is 45.9. The van der Waals surface area contributed by atoms with Crippen molar-refractivity contribution in [1.29, 1.82) is 0 Å². The number of methoxy groups -OCH3 is 1. The highest BCUT2D eigenvalue weighted by Crippen LogP contribution is 2.44. The Balaban J connectivity index is 1.30. The highest BCUT2D eigenvalue weighted by molar-refractivity contribution is 5.84. The minimum atomic E-state index is -0.266. The fraction of sp³-hybridized carbons (Fsp3) is 0.618. The summed E-state index contributed by atoms with van der Waals surface area (Å²) in [7, 11) is 1.72. The van der Waals surface area contributed by atoms with Crippen molar-refractivity contribution in [2.45, 2.75) is 70.2 Å². The number of rotatable bonds is 13. The fourth-order valence-corrected chi connectivity index (χ4v) is 7.11. The van der Waals surface area contributed by atoms with Crippen molar-refractivity contribution < 1.29 is 23.0 Å². The Labute approximate surface area is 254 Å². The molecule has 1 aromatic heterocycles. The van der Waals surface area contributed by atoms with E-state index < -0.39 is 0 Å². The lowest BCUT2D eigenvalue weighted by molar-refractivity contribution is -0.0390. The van der Waals surface area contributed by atoms with Gasteiger partial charge in [-0.3, -0.25) is 18.6 Å². The number of hydrogen-bond acceptors (Lipinski definition) is 6. The fourth-order valence-electron chi connectivity index (χ4n) is 7.11. The van der Waals surface area contributed by atoms with Crippen molar-refractivity contribution in [1.82, 2.24) is 19.6 Å². The van der Waals surface area contributed by atoms with Gasteiger partial charge in [-0.15, -0.1) is 0 Å². The second-order valence-electron chi connectivity index (χ2n) is 12.5. The van der Waals surface area contributed by atoms with E-state index >= 15 is 0 Å². The van der Waals surface area contributed by atoms with Crippen LogP contribution in [0.2, 0.25) is 0 Å². The van der Waals surface area contributed by atoms with Crippen LogP contribution >= 0.6 is 0 Å². The lowest BCUT2D eigenvalue weighted by Gasteiger charge is -2.43. The van der Waals surface area contributed by atoms with Gasteiger partial charge in [-0.1, -0.05) is 6.07 Å². The van der Waals surface area contributed by atoms with Crippen LogP contribution in [0.1, 0.15) is 74.4 Å². The van der Waals surface area contributed by atoms with Crippen molar-refractivity contribution in [2.24, 2.45) is 5.92 Å². The molecule has 0 amide bonds. The van der Waals surface area contributed by atoms with Gasteiger partial charge in [-0.05, 0) is 87.7 Å². The van der Waals surface area contributed by atoms with Crippen molar-refractivity contribution in [2.75, 3.05) is 59.9 Å². The maximum absolute atomic E-state index is 12.9. The Morgan fingerprint density at radius 3 is 2.65 bits per heavy atom. The molecule has 0 saturated carbocycles. The summed E-state index contributed by atoms with van der Waals surface area (Å²) in [6.07, 6.45) is 8.80. The van der Waals surface area contributed by atoms with Gasteiger partial charge in [-0.2, -0.15) is 5.10 Å². The summed E-state index contributed by atoms with van der Waals surface area (Å²) >= 11 is 0. The number of unbranched alkanes of at least 4 members (excludes halogenated alkanes) is 2. The number of ether oxygens (including phenoxy) is 3. The molecule has 2 fully saturated rings. The molecule has 234 valence electrons. The molecule has 3 aliphatic rings. The first-order chi connectivity index (χ1) is 21.1. The third kappa shape index (κ3) is 6.54. The van der Waals surface area contributed by atoms with Crippen molar-refractivity contribution in [3.63, 3.8) is 0 Å². The standard InChI is InChI=1S/C34H46F2N4O3/c1-24-18-29-27(11-12-31-30(29)23-40(37-31)33-8-4-7-16-43-33)34(39(24)14-6-3-5-13-35)28-10-9-26(19-32(28)41-2)42-17-15-38-21-25(20-36)22-38/h9-12,19,23-25,33-34H,3-8,13-18,20-22H2,1-2H3/t24-,33?,34+/m1/s1. The SMILES string of the molecule is COc1cc(OCCN2CC(CF)C2)ccc1[C@@H]1c2ccc3nn(C4CCCCO4)cc3c2C[C@@H](C)N1CCCCCF. The summed E-state index contributed by atoms with van der Waals surface area (Å²) in [5, 5.41) is 6.14. The van der Waals surface area contributed by atoms with Crippen LogP contribution in [0.15, 0.2) is 36.5 Å². The van der Waals surface area contributed by atoms with Crippen molar-refractivity contribution in [3.8, 4) is 11.5 Å². The molecule has 43 heavy (non-hydrogen) atoms. The van der Waals surface area contributed by atoms with Crippen LogP contribution in [0.5, 0.6) is 11.5 Å². The van der Waals surface area contributed by atoms with Gasteiger partial charge in [0.25, 0.3) is 0 Å². The number of aromatic nitrogens is 2. The van der Waals surface area contributed by atoms with Crippen LogP contribution in [0, 0.1) is 5.92 Å². The molecule has 7 nitrogen and oxygen atoms in total. The highest BCUT2D eigenvalue weighted by atomic mass is 19.1. The quantitative estimate of drug-likeness (QED) is 0.210. The molecule has 3 aromatic rings. The molecule has 2 aromatic carbocycles. The van der Waals surface area contributed by atoms with Crippen LogP contribution in [-0.2, 0) is 11.2 Å². The second-order valence-corrected chi connectivity index (χ2v) is 12.5. The van der Waals surface area contributed by atoms with Gasteiger partial charge in [0.2, 0.25) is 0 Å². The Bertz CT molecular complexity index is 1350. The molecule has 4 heterocycles. The van der Waals surface area contributed by atoms with E-state index in [-0.39, 0.29) is 37.6 Å². The number of halogens is 2. The lowest BCUT2D eigenvalue weighted by Crippen LogP contribution is -2.49. The third-order valence-corrected chi connectivity index (χ3v) is 9.47. The Kier molecular flexibility index (Phi) is 9.80. The van der Waals surface area contributed by atoms with Gasteiger partial charge in [0, 0.05) is 61.4 Å². The zero-order valence-electron chi connectivity index (χ0n) is 25.6. The Morgan fingerprint density at radius 2 is 1.88 bits per heavy atom. The van der Waals surface area contributed by atoms with Gasteiger partial charge in [0.05, 0.1) is 32.0 Å². The first-order valence-corrected chi connectivity index (χ1v) is 16.1. The topological polar surface area (TPSA) is 52.0 Å². The summed E-state index contributed by atoms with van der Waals surface area (Å²) in [6, 6.07) is 10.8. The highest BCUT2D eigenvalue weighted by Gasteiger charge is 2.36. The number of alkyl halides is 2. The average molecular weight is 597 g/mol. The van der Waals surface area contributed by atoms with E-state index in [0.29, 0.717) is 13.0 Å². The van der Waals surface area contributed by atoms with Gasteiger partial charge in [-0.25, -0.2) is 4.68 Å². The average Bonchev–Trinajstić information content (AvgIpc) is 3.46. The summed E-state index contributed by atoms with van der Waals surface area (Å²) in [4.78, 5) is 4.78. The van der Waals surface area contributed by atoms with E-state index in [2.05, 4.69) is 41.1 Å². The van der Waals surface area contributed by atoms with Gasteiger partial charge in [0.15, 0.2) is 0 Å². The third-order valence-electron chi connectivity index (χ3n) is 9.47. The maximum Gasteiger partial charge on any atom is 0.150 e. The molecule has 3 aliphatic heterocycles. The van der Waals surface area contributed by atoms with E-state index in [1.165, 1.54) is 16.5 Å². The molecular formula is C34H46F2N4O3. The number of nitrogens with zero attached hydrogens (tertiary/aromatic N) is 4. The molecule has 0 N–H and O–H groups in total. The Morgan fingerprint density at radius 1 is 1.02 bits per heavy atom. The lowest BCUT2D eigenvalue weighted by atomic mass is 9.83. The molecule has 2 saturated heterocycles. The molecule has 0 aliphatic carbocycles. The first-order valence-electron chi connectivity index (χ1n) is 16.1. The molecule has 6 rings (SSSR count). The smallest absolute Gasteiger partial charge is 0.150 e. The summed E-state index contributed by atoms with van der Waals surface area (Å²) in [6.45, 7) is 6.42. The number of hydrogen-bond donors (Lipinski definition) is 0. The number of benzene rings is 2. The van der Waals surface area contributed by atoms with Crippen LogP contribution < -0.4 is 9.47 Å². The monoisotopic (exact) mass is 596 g/mol. The summed E-state index contributed by atoms with van der Waals surface area (Å²) in [5.41, 5.74) is 4.71. The molecule has 9 heteroatoms. The minimum absolute atomic E-state index is 0.000494. The van der Waals surface area contributed by atoms with E-state index in [4.69, 9.17) is 19.3 Å². The Hall–Kier alpha value is -2.75. The first kappa shape index (κ1) is 30.3. The van der Waals surface area contributed by atoms with Gasteiger partial charge < -0.3 is 14.2 Å². The minimum Gasteiger partial charge on any atom is -0.496 e. The molecule has 0 bridgehead atoms. The predicted molar refractivity (Wildman–Crippen MR) is 165 cm³/mol. The van der Waals surface area contributed by atoms with Crippen molar-refractivity contribution >= 4 is 10.9 Å². The molecule has 0 spiro atoms. The molecular weight excluding hydrogens is 550 g/mol. The normalized spacial score (nSPS) is 23.3. The maximum atomic E-state index is 12.9. The number of fused-ring (bicyclic) bond motifs is 3. The van der Waals surface area contributed by atoms with Gasteiger partial charge in [0.1, 0.15) is 24.3 Å². The predicted octanol–water partition coefficient (Wildman–Crippen LogP) is 6.50. The van der Waals surface area contributed by atoms with E-state index in [0.717, 1.165) is 93.9 Å². The van der Waals surface area contributed by atoms with E-state index in [1.54, 1.807) is 7.11 Å². The van der Waals surface area contributed by atoms with Crippen LogP contribution in [0.3, 0.4) is 0 Å².